The third kappa shape index (κ3) is 4.84. The zero-order valence-electron chi connectivity index (χ0n) is 16.3. The van der Waals surface area contributed by atoms with Crippen molar-refractivity contribution in [2.24, 2.45) is 0 Å². The number of halogens is 1. The minimum atomic E-state index is -0.133. The van der Waals surface area contributed by atoms with Crippen molar-refractivity contribution < 1.29 is 9.59 Å². The maximum Gasteiger partial charge on any atom is 0.317 e. The van der Waals surface area contributed by atoms with Gasteiger partial charge in [-0.25, -0.2) is 4.79 Å². The second-order valence-electron chi connectivity index (χ2n) is 7.27. The highest BCUT2D eigenvalue weighted by atomic mass is 35.5. The van der Waals surface area contributed by atoms with Gasteiger partial charge in [-0.1, -0.05) is 41.9 Å². The van der Waals surface area contributed by atoms with Gasteiger partial charge in [0.25, 0.3) is 5.91 Å². The van der Waals surface area contributed by atoms with E-state index in [0.29, 0.717) is 18.7 Å². The van der Waals surface area contributed by atoms with E-state index in [-0.39, 0.29) is 18.0 Å². The molecule has 1 saturated heterocycles. The van der Waals surface area contributed by atoms with Crippen molar-refractivity contribution in [3.8, 4) is 0 Å². The predicted octanol–water partition coefficient (Wildman–Crippen LogP) is 4.09. The number of urea groups is 1. The van der Waals surface area contributed by atoms with Crippen LogP contribution in [0.25, 0.3) is 0 Å². The van der Waals surface area contributed by atoms with Gasteiger partial charge in [-0.3, -0.25) is 4.79 Å². The first kappa shape index (κ1) is 20.2. The summed E-state index contributed by atoms with van der Waals surface area (Å²) in [5.74, 6) is 0.0238. The van der Waals surface area contributed by atoms with E-state index >= 15 is 0 Å². The zero-order chi connectivity index (χ0) is 20.1. The van der Waals surface area contributed by atoms with E-state index in [9.17, 15) is 9.59 Å². The summed E-state index contributed by atoms with van der Waals surface area (Å²) in [5.41, 5.74) is 2.69. The summed E-state index contributed by atoms with van der Waals surface area (Å²) in [7, 11) is 1.80. The summed E-state index contributed by atoms with van der Waals surface area (Å²) >= 11 is 6.05. The maximum atomic E-state index is 12.7. The highest BCUT2D eigenvalue weighted by molar-refractivity contribution is 6.31. The summed E-state index contributed by atoms with van der Waals surface area (Å²) in [6.07, 6.45) is 1.78. The number of likely N-dealkylation sites (tertiary alicyclic amines) is 1. The molecule has 1 heterocycles. The third-order valence-electron chi connectivity index (χ3n) is 5.24. The number of carbonyl (C=O) groups excluding carboxylic acids is 2. The molecule has 0 spiro atoms. The van der Waals surface area contributed by atoms with Crippen LogP contribution >= 0.6 is 11.6 Å². The van der Waals surface area contributed by atoms with Gasteiger partial charge in [0.1, 0.15) is 0 Å². The van der Waals surface area contributed by atoms with Gasteiger partial charge in [-0.2, -0.15) is 0 Å². The number of hydrogen-bond donors (Lipinski definition) is 1. The third-order valence-corrected chi connectivity index (χ3v) is 5.66. The molecule has 0 aromatic heterocycles. The molecule has 0 radical (unpaired) electrons. The smallest absolute Gasteiger partial charge is 0.317 e. The summed E-state index contributed by atoms with van der Waals surface area (Å²) in [5, 5.41) is 3.68. The number of rotatable bonds is 4. The molecule has 0 bridgehead atoms. The van der Waals surface area contributed by atoms with Crippen molar-refractivity contribution in [1.29, 1.82) is 0 Å². The lowest BCUT2D eigenvalue weighted by atomic mass is 10.0. The first-order valence-electron chi connectivity index (χ1n) is 9.55. The van der Waals surface area contributed by atoms with Crippen molar-refractivity contribution in [1.82, 2.24) is 15.1 Å². The number of nitrogens with one attached hydrogen (secondary N) is 1. The van der Waals surface area contributed by atoms with Crippen LogP contribution in [0.2, 0.25) is 5.02 Å². The Bertz CT molecular complexity index is 841. The first-order valence-corrected chi connectivity index (χ1v) is 9.93. The van der Waals surface area contributed by atoms with Gasteiger partial charge in [0, 0.05) is 37.3 Å². The van der Waals surface area contributed by atoms with Crippen molar-refractivity contribution in [3.05, 3.63) is 70.2 Å². The van der Waals surface area contributed by atoms with Crippen molar-refractivity contribution in [2.75, 3.05) is 20.1 Å². The van der Waals surface area contributed by atoms with E-state index in [0.717, 1.165) is 35.5 Å². The topological polar surface area (TPSA) is 52.7 Å². The van der Waals surface area contributed by atoms with Crippen LogP contribution in [0.15, 0.2) is 48.5 Å². The number of hydrogen-bond acceptors (Lipinski definition) is 2. The van der Waals surface area contributed by atoms with Gasteiger partial charge in [0.2, 0.25) is 0 Å². The minimum Gasteiger partial charge on any atom is -0.337 e. The average molecular weight is 400 g/mol. The molecule has 1 N–H and O–H groups in total. The molecule has 0 unspecified atom stereocenters. The molecule has 1 aliphatic rings. The fraction of sp³-hybridized carbons (Fsp3) is 0.364. The van der Waals surface area contributed by atoms with Crippen LogP contribution in [0, 0.1) is 6.92 Å². The molecule has 5 nitrogen and oxygen atoms in total. The van der Waals surface area contributed by atoms with Crippen molar-refractivity contribution >= 4 is 23.5 Å². The number of aryl methyl sites for hydroxylation is 1. The molecule has 3 amide bonds. The fourth-order valence-electron chi connectivity index (χ4n) is 3.50. The van der Waals surface area contributed by atoms with E-state index in [1.807, 2.05) is 60.4 Å². The van der Waals surface area contributed by atoms with Crippen molar-refractivity contribution in [2.45, 2.75) is 32.4 Å². The molecule has 28 heavy (non-hydrogen) atoms. The standard InChI is InChI=1S/C22H26ClN3O2/c1-16-13-17(10-11-20(16)23)14-24-22(28)25(2)19-9-6-12-26(15-19)21(27)18-7-4-3-5-8-18/h3-5,7-8,10-11,13,19H,6,9,12,14-15H2,1-2H3,(H,24,28)/t19-/m1/s1. The van der Waals surface area contributed by atoms with Gasteiger partial charge in [0.05, 0.1) is 6.04 Å². The predicted molar refractivity (Wildman–Crippen MR) is 112 cm³/mol. The Kier molecular flexibility index (Phi) is 6.57. The molecular formula is C22H26ClN3O2. The fourth-order valence-corrected chi connectivity index (χ4v) is 3.62. The molecule has 1 fully saturated rings. The lowest BCUT2D eigenvalue weighted by Gasteiger charge is -2.37. The Labute approximate surface area is 171 Å². The van der Waals surface area contributed by atoms with Crippen LogP contribution in [0.5, 0.6) is 0 Å². The maximum absolute atomic E-state index is 12.7. The molecule has 0 aliphatic carbocycles. The molecule has 1 atom stereocenters. The van der Waals surface area contributed by atoms with Crippen LogP contribution in [0.4, 0.5) is 4.79 Å². The minimum absolute atomic E-state index is 0.00775. The highest BCUT2D eigenvalue weighted by Gasteiger charge is 2.28. The second-order valence-corrected chi connectivity index (χ2v) is 7.67. The van der Waals surface area contributed by atoms with E-state index in [4.69, 9.17) is 11.6 Å². The van der Waals surface area contributed by atoms with Crippen LogP contribution in [-0.2, 0) is 6.54 Å². The van der Waals surface area contributed by atoms with Gasteiger partial charge in [-0.15, -0.1) is 0 Å². The Hall–Kier alpha value is -2.53. The number of likely N-dealkylation sites (N-methyl/N-ethyl adjacent to an activating group) is 1. The van der Waals surface area contributed by atoms with Crippen molar-refractivity contribution in [3.63, 3.8) is 0 Å². The highest BCUT2D eigenvalue weighted by Crippen LogP contribution is 2.18. The first-order chi connectivity index (χ1) is 13.5. The average Bonchev–Trinajstić information content (AvgIpc) is 2.74. The number of piperidine rings is 1. The Morgan fingerprint density at radius 1 is 1.21 bits per heavy atom. The van der Waals surface area contributed by atoms with Crippen LogP contribution in [-0.4, -0.2) is 47.9 Å². The van der Waals surface area contributed by atoms with E-state index < -0.39 is 0 Å². The van der Waals surface area contributed by atoms with Gasteiger partial charge in [-0.05, 0) is 49.1 Å². The quantitative estimate of drug-likeness (QED) is 0.841. The summed E-state index contributed by atoms with van der Waals surface area (Å²) < 4.78 is 0. The molecule has 148 valence electrons. The monoisotopic (exact) mass is 399 g/mol. The Morgan fingerprint density at radius 3 is 2.68 bits per heavy atom. The summed E-state index contributed by atoms with van der Waals surface area (Å²) in [4.78, 5) is 28.9. The normalized spacial score (nSPS) is 16.5. The van der Waals surface area contributed by atoms with Crippen LogP contribution in [0.3, 0.4) is 0 Å². The number of nitrogens with zero attached hydrogens (tertiary/aromatic N) is 2. The Balaban J connectivity index is 1.56. The van der Waals surface area contributed by atoms with E-state index in [1.165, 1.54) is 0 Å². The van der Waals surface area contributed by atoms with Crippen LogP contribution in [0.1, 0.15) is 34.3 Å². The Morgan fingerprint density at radius 2 is 1.96 bits per heavy atom. The largest absolute Gasteiger partial charge is 0.337 e. The second kappa shape index (κ2) is 9.11. The number of carbonyl (C=O) groups is 2. The van der Waals surface area contributed by atoms with E-state index in [1.54, 1.807) is 11.9 Å². The molecule has 1 aliphatic heterocycles. The molecular weight excluding hydrogens is 374 g/mol. The molecule has 0 saturated carbocycles. The van der Waals surface area contributed by atoms with Gasteiger partial charge < -0.3 is 15.1 Å². The summed E-state index contributed by atoms with van der Waals surface area (Å²) in [6.45, 7) is 3.67. The number of benzene rings is 2. The lowest BCUT2D eigenvalue weighted by molar-refractivity contribution is 0.0636. The summed E-state index contributed by atoms with van der Waals surface area (Å²) in [6, 6.07) is 14.9. The molecule has 3 rings (SSSR count). The SMILES string of the molecule is Cc1cc(CNC(=O)N(C)[C@@H]2CCCN(C(=O)c3ccccc3)C2)ccc1Cl. The molecule has 2 aromatic carbocycles. The number of amides is 3. The molecule has 2 aromatic rings. The van der Waals surface area contributed by atoms with Gasteiger partial charge >= 0.3 is 6.03 Å². The lowest BCUT2D eigenvalue weighted by Crippen LogP contribution is -2.52. The van der Waals surface area contributed by atoms with Gasteiger partial charge in [0.15, 0.2) is 0 Å². The van der Waals surface area contributed by atoms with Crippen LogP contribution < -0.4 is 5.32 Å². The zero-order valence-corrected chi connectivity index (χ0v) is 17.1. The molecule has 6 heteroatoms. The van der Waals surface area contributed by atoms with E-state index in [2.05, 4.69) is 5.32 Å².